The highest BCUT2D eigenvalue weighted by Crippen LogP contribution is 2.34. The first-order valence-corrected chi connectivity index (χ1v) is 10.1. The van der Waals surface area contributed by atoms with Gasteiger partial charge in [0.25, 0.3) is 0 Å². The number of carbonyl (C=O) groups is 1. The van der Waals surface area contributed by atoms with Crippen molar-refractivity contribution >= 4 is 29.1 Å². The number of azo groups is 1. The third-order valence-corrected chi connectivity index (χ3v) is 5.70. The fourth-order valence-corrected chi connectivity index (χ4v) is 4.21. The van der Waals surface area contributed by atoms with Crippen LogP contribution in [0.25, 0.3) is 0 Å². The SMILES string of the molecule is CCOC(=O)c1ccc(N=Nc2ccc(SC3CCCCC3)cc2)cc1. The summed E-state index contributed by atoms with van der Waals surface area (Å²) < 4.78 is 4.97. The lowest BCUT2D eigenvalue weighted by Crippen LogP contribution is -2.07. The second-order valence-electron chi connectivity index (χ2n) is 6.34. The minimum absolute atomic E-state index is 0.318. The molecule has 1 aliphatic rings. The first-order valence-electron chi connectivity index (χ1n) is 9.20. The van der Waals surface area contributed by atoms with E-state index in [9.17, 15) is 4.79 Å². The lowest BCUT2D eigenvalue weighted by molar-refractivity contribution is 0.0526. The number of hydrogen-bond donors (Lipinski definition) is 0. The van der Waals surface area contributed by atoms with Crippen LogP contribution in [0, 0.1) is 0 Å². The fourth-order valence-electron chi connectivity index (χ4n) is 2.96. The Labute approximate surface area is 159 Å². The Kier molecular flexibility index (Phi) is 6.83. The van der Waals surface area contributed by atoms with E-state index in [4.69, 9.17) is 4.74 Å². The van der Waals surface area contributed by atoms with Gasteiger partial charge in [0.05, 0.1) is 23.5 Å². The predicted molar refractivity (Wildman–Crippen MR) is 106 cm³/mol. The van der Waals surface area contributed by atoms with Crippen molar-refractivity contribution in [3.05, 3.63) is 54.1 Å². The number of benzene rings is 2. The van der Waals surface area contributed by atoms with Gasteiger partial charge in [0.2, 0.25) is 0 Å². The molecule has 1 aliphatic carbocycles. The van der Waals surface area contributed by atoms with Gasteiger partial charge in [-0.05, 0) is 68.3 Å². The minimum atomic E-state index is -0.318. The fraction of sp³-hybridized carbons (Fsp3) is 0.381. The van der Waals surface area contributed by atoms with Gasteiger partial charge in [0, 0.05) is 10.1 Å². The number of rotatable bonds is 6. The van der Waals surface area contributed by atoms with E-state index >= 15 is 0 Å². The maximum atomic E-state index is 11.6. The molecule has 0 amide bonds. The molecule has 3 rings (SSSR count). The first-order chi connectivity index (χ1) is 12.7. The number of nitrogens with zero attached hydrogens (tertiary/aromatic N) is 2. The summed E-state index contributed by atoms with van der Waals surface area (Å²) in [5.74, 6) is -0.318. The van der Waals surface area contributed by atoms with Crippen LogP contribution in [0.15, 0.2) is 63.7 Å². The van der Waals surface area contributed by atoms with E-state index in [2.05, 4.69) is 22.4 Å². The zero-order valence-corrected chi connectivity index (χ0v) is 15.9. The summed E-state index contributed by atoms with van der Waals surface area (Å²) in [5, 5.41) is 9.27. The van der Waals surface area contributed by atoms with Gasteiger partial charge < -0.3 is 4.74 Å². The molecule has 5 heteroatoms. The minimum Gasteiger partial charge on any atom is -0.462 e. The molecule has 0 spiro atoms. The largest absolute Gasteiger partial charge is 0.462 e. The molecule has 2 aromatic rings. The molecule has 0 aliphatic heterocycles. The lowest BCUT2D eigenvalue weighted by atomic mass is 10.0. The molecule has 0 unspecified atom stereocenters. The van der Waals surface area contributed by atoms with E-state index in [-0.39, 0.29) is 5.97 Å². The van der Waals surface area contributed by atoms with Crippen LogP contribution in [0.4, 0.5) is 11.4 Å². The number of esters is 1. The molecular formula is C21H24N2O2S. The summed E-state index contributed by atoms with van der Waals surface area (Å²) in [6, 6.07) is 15.2. The summed E-state index contributed by atoms with van der Waals surface area (Å²) in [5.41, 5.74) is 2.06. The molecule has 0 aromatic heterocycles. The van der Waals surface area contributed by atoms with E-state index in [1.165, 1.54) is 37.0 Å². The van der Waals surface area contributed by atoms with Crippen LogP contribution in [0.2, 0.25) is 0 Å². The highest BCUT2D eigenvalue weighted by atomic mass is 32.2. The average Bonchev–Trinajstić information content (AvgIpc) is 2.69. The molecule has 0 atom stereocenters. The third-order valence-electron chi connectivity index (χ3n) is 4.35. The monoisotopic (exact) mass is 368 g/mol. The lowest BCUT2D eigenvalue weighted by Gasteiger charge is -2.20. The standard InChI is InChI=1S/C21H24N2O2S/c1-2-25-21(24)16-8-10-17(11-9-16)22-23-18-12-14-20(15-13-18)26-19-6-4-3-5-7-19/h8-15,19H,2-7H2,1H3. The van der Waals surface area contributed by atoms with E-state index in [0.717, 1.165) is 10.9 Å². The number of carbonyl (C=O) groups excluding carboxylic acids is 1. The molecule has 1 saturated carbocycles. The summed E-state index contributed by atoms with van der Waals surface area (Å²) in [6.07, 6.45) is 6.76. The zero-order valence-electron chi connectivity index (χ0n) is 15.1. The molecule has 0 radical (unpaired) electrons. The Morgan fingerprint density at radius 2 is 1.54 bits per heavy atom. The van der Waals surface area contributed by atoms with Crippen molar-refractivity contribution in [3.8, 4) is 0 Å². The molecule has 0 heterocycles. The highest BCUT2D eigenvalue weighted by molar-refractivity contribution is 8.00. The maximum absolute atomic E-state index is 11.6. The number of thioether (sulfide) groups is 1. The Balaban J connectivity index is 1.57. The Bertz CT molecular complexity index is 736. The second kappa shape index (κ2) is 9.53. The van der Waals surface area contributed by atoms with Gasteiger partial charge in [-0.25, -0.2) is 4.79 Å². The van der Waals surface area contributed by atoms with Gasteiger partial charge in [-0.1, -0.05) is 19.3 Å². The van der Waals surface area contributed by atoms with Crippen molar-refractivity contribution in [2.45, 2.75) is 49.2 Å². The predicted octanol–water partition coefficient (Wildman–Crippen LogP) is 6.70. The van der Waals surface area contributed by atoms with Gasteiger partial charge in [0.15, 0.2) is 0 Å². The van der Waals surface area contributed by atoms with Crippen LogP contribution in [-0.4, -0.2) is 17.8 Å². The molecule has 0 N–H and O–H groups in total. The van der Waals surface area contributed by atoms with E-state index in [0.29, 0.717) is 17.9 Å². The van der Waals surface area contributed by atoms with Gasteiger partial charge >= 0.3 is 5.97 Å². The molecule has 2 aromatic carbocycles. The topological polar surface area (TPSA) is 51.0 Å². The molecule has 0 saturated heterocycles. The summed E-state index contributed by atoms with van der Waals surface area (Å²) in [7, 11) is 0. The smallest absolute Gasteiger partial charge is 0.338 e. The van der Waals surface area contributed by atoms with E-state index in [1.54, 1.807) is 31.2 Å². The van der Waals surface area contributed by atoms with Crippen LogP contribution in [0.5, 0.6) is 0 Å². The van der Waals surface area contributed by atoms with Crippen LogP contribution >= 0.6 is 11.8 Å². The number of ether oxygens (including phenoxy) is 1. The molecule has 4 nitrogen and oxygen atoms in total. The molecule has 1 fully saturated rings. The third kappa shape index (κ3) is 5.43. The van der Waals surface area contributed by atoms with Crippen molar-refractivity contribution < 1.29 is 9.53 Å². The maximum Gasteiger partial charge on any atom is 0.338 e. The second-order valence-corrected chi connectivity index (χ2v) is 7.71. The zero-order chi connectivity index (χ0) is 18.2. The summed E-state index contributed by atoms with van der Waals surface area (Å²) >= 11 is 1.98. The Hall–Kier alpha value is -2.14. The average molecular weight is 369 g/mol. The Morgan fingerprint density at radius 1 is 0.962 bits per heavy atom. The van der Waals surface area contributed by atoms with Crippen molar-refractivity contribution in [2.24, 2.45) is 10.2 Å². The Morgan fingerprint density at radius 3 is 2.12 bits per heavy atom. The van der Waals surface area contributed by atoms with Gasteiger partial charge in [0.1, 0.15) is 0 Å². The van der Waals surface area contributed by atoms with Gasteiger partial charge in [-0.15, -0.1) is 11.8 Å². The first kappa shape index (κ1) is 18.6. The number of hydrogen-bond acceptors (Lipinski definition) is 5. The van der Waals surface area contributed by atoms with Crippen molar-refractivity contribution in [2.75, 3.05) is 6.61 Å². The van der Waals surface area contributed by atoms with Gasteiger partial charge in [-0.2, -0.15) is 10.2 Å². The molecule has 136 valence electrons. The van der Waals surface area contributed by atoms with Crippen molar-refractivity contribution in [3.63, 3.8) is 0 Å². The van der Waals surface area contributed by atoms with Crippen molar-refractivity contribution in [1.82, 2.24) is 0 Å². The quantitative estimate of drug-likeness (QED) is 0.421. The summed E-state index contributed by atoms with van der Waals surface area (Å²) in [6.45, 7) is 2.16. The van der Waals surface area contributed by atoms with Crippen LogP contribution in [0.1, 0.15) is 49.4 Å². The van der Waals surface area contributed by atoms with Crippen LogP contribution in [-0.2, 0) is 4.74 Å². The molecule has 26 heavy (non-hydrogen) atoms. The molecular weight excluding hydrogens is 344 g/mol. The van der Waals surface area contributed by atoms with Crippen molar-refractivity contribution in [1.29, 1.82) is 0 Å². The van der Waals surface area contributed by atoms with Crippen LogP contribution in [0.3, 0.4) is 0 Å². The molecule has 0 bridgehead atoms. The van der Waals surface area contributed by atoms with Crippen LogP contribution < -0.4 is 0 Å². The van der Waals surface area contributed by atoms with Gasteiger partial charge in [-0.3, -0.25) is 0 Å². The van der Waals surface area contributed by atoms with E-state index in [1.807, 2.05) is 23.9 Å². The highest BCUT2D eigenvalue weighted by Gasteiger charge is 2.14. The summed E-state index contributed by atoms with van der Waals surface area (Å²) in [4.78, 5) is 12.9. The normalized spacial score (nSPS) is 15.3. The van der Waals surface area contributed by atoms with E-state index < -0.39 is 0 Å².